The zero-order valence-corrected chi connectivity index (χ0v) is 13.2. The highest BCUT2D eigenvalue weighted by Crippen LogP contribution is 2.40. The van der Waals surface area contributed by atoms with Crippen LogP contribution in [0, 0.1) is 11.8 Å². The van der Waals surface area contributed by atoms with Crippen LogP contribution in [0.15, 0.2) is 4.79 Å². The first kappa shape index (κ1) is 17.0. The van der Waals surface area contributed by atoms with Gasteiger partial charge in [0, 0.05) is 11.5 Å². The molecule has 0 radical (unpaired) electrons. The topological polar surface area (TPSA) is 74.8 Å². The van der Waals surface area contributed by atoms with E-state index in [1.165, 1.54) is 0 Å². The summed E-state index contributed by atoms with van der Waals surface area (Å²) in [7, 11) is 0. The Morgan fingerprint density at radius 3 is 2.67 bits per heavy atom. The molecule has 1 aromatic heterocycles. The van der Waals surface area contributed by atoms with Crippen LogP contribution in [0.2, 0.25) is 0 Å². The first-order valence-electron chi connectivity index (χ1n) is 8.34. The molecule has 0 aromatic carbocycles. The second-order valence-corrected chi connectivity index (χ2v) is 6.64. The second-order valence-electron chi connectivity index (χ2n) is 6.64. The van der Waals surface area contributed by atoms with Crippen LogP contribution in [0.4, 0.5) is 19.1 Å². The molecule has 8 heteroatoms. The minimum Gasteiger partial charge on any atom is -0.296 e. The Morgan fingerprint density at radius 1 is 1.17 bits per heavy atom. The van der Waals surface area contributed by atoms with Gasteiger partial charge in [-0.05, 0) is 44.9 Å². The molecule has 3 rings (SSSR count). The van der Waals surface area contributed by atoms with Gasteiger partial charge in [0.25, 0.3) is 5.56 Å². The highest BCUT2D eigenvalue weighted by molar-refractivity contribution is 5.91. The van der Waals surface area contributed by atoms with Gasteiger partial charge in [0.15, 0.2) is 0 Å². The van der Waals surface area contributed by atoms with E-state index in [1.807, 2.05) is 0 Å². The number of rotatable bonds is 2. The van der Waals surface area contributed by atoms with E-state index in [2.05, 4.69) is 15.3 Å². The lowest BCUT2D eigenvalue weighted by molar-refractivity contribution is -0.185. The van der Waals surface area contributed by atoms with Crippen LogP contribution in [0.3, 0.4) is 0 Å². The van der Waals surface area contributed by atoms with Crippen molar-refractivity contribution in [3.63, 3.8) is 0 Å². The lowest BCUT2D eigenvalue weighted by atomic mass is 9.80. The number of carbonyl (C=O) groups excluding carboxylic acids is 1. The SMILES string of the molecule is O=C(Nc1nc2c(c(=O)[nH]1)CCCC2)C1CCCC(C(F)(F)F)C1. The van der Waals surface area contributed by atoms with Crippen molar-refractivity contribution in [1.82, 2.24) is 9.97 Å². The van der Waals surface area contributed by atoms with E-state index in [9.17, 15) is 22.8 Å². The van der Waals surface area contributed by atoms with Gasteiger partial charge in [0.2, 0.25) is 11.9 Å². The number of hydrogen-bond donors (Lipinski definition) is 2. The fraction of sp³-hybridized carbons (Fsp3) is 0.688. The van der Waals surface area contributed by atoms with Crippen molar-refractivity contribution >= 4 is 11.9 Å². The molecule has 0 bridgehead atoms. The number of amides is 1. The molecule has 2 N–H and O–H groups in total. The van der Waals surface area contributed by atoms with E-state index in [1.54, 1.807) is 0 Å². The molecular formula is C16H20F3N3O2. The van der Waals surface area contributed by atoms with Crippen molar-refractivity contribution in [1.29, 1.82) is 0 Å². The number of fused-ring (bicyclic) bond motifs is 1. The van der Waals surface area contributed by atoms with Crippen molar-refractivity contribution in [3.8, 4) is 0 Å². The normalized spacial score (nSPS) is 24.3. The van der Waals surface area contributed by atoms with Gasteiger partial charge in [-0.2, -0.15) is 13.2 Å². The molecule has 1 heterocycles. The quantitative estimate of drug-likeness (QED) is 0.867. The molecule has 2 aliphatic rings. The van der Waals surface area contributed by atoms with Gasteiger partial charge in [0.1, 0.15) is 0 Å². The summed E-state index contributed by atoms with van der Waals surface area (Å²) in [5.74, 6) is -2.59. The van der Waals surface area contributed by atoms with E-state index >= 15 is 0 Å². The lowest BCUT2D eigenvalue weighted by Crippen LogP contribution is -2.35. The fourth-order valence-electron chi connectivity index (χ4n) is 3.61. The van der Waals surface area contributed by atoms with Gasteiger partial charge in [0.05, 0.1) is 11.6 Å². The molecule has 1 amide bonds. The van der Waals surface area contributed by atoms with Gasteiger partial charge < -0.3 is 0 Å². The Labute approximate surface area is 137 Å². The number of carbonyl (C=O) groups is 1. The van der Waals surface area contributed by atoms with Gasteiger partial charge in [-0.25, -0.2) is 4.98 Å². The third-order valence-electron chi connectivity index (χ3n) is 4.94. The first-order chi connectivity index (χ1) is 11.3. The van der Waals surface area contributed by atoms with Crippen molar-refractivity contribution in [3.05, 3.63) is 21.6 Å². The minimum atomic E-state index is -4.27. The van der Waals surface area contributed by atoms with E-state index in [-0.39, 0.29) is 24.3 Å². The molecule has 1 aromatic rings. The standard InChI is InChI=1S/C16H20F3N3O2/c17-16(18,19)10-5-3-4-9(8-10)13(23)21-15-20-12-7-2-1-6-11(12)14(24)22-15/h9-10H,1-8H2,(H2,20,21,22,23,24). The van der Waals surface area contributed by atoms with E-state index in [4.69, 9.17) is 0 Å². The number of nitrogens with zero attached hydrogens (tertiary/aromatic N) is 1. The molecular weight excluding hydrogens is 323 g/mol. The maximum atomic E-state index is 12.9. The number of halogens is 3. The number of hydrogen-bond acceptors (Lipinski definition) is 3. The Hall–Kier alpha value is -1.86. The maximum absolute atomic E-state index is 12.9. The summed E-state index contributed by atoms with van der Waals surface area (Å²) >= 11 is 0. The molecule has 2 unspecified atom stereocenters. The summed E-state index contributed by atoms with van der Waals surface area (Å²) in [6.07, 6.45) is -0.381. The monoisotopic (exact) mass is 343 g/mol. The third-order valence-corrected chi connectivity index (χ3v) is 4.94. The van der Waals surface area contributed by atoms with E-state index in [0.717, 1.165) is 12.8 Å². The zero-order chi connectivity index (χ0) is 17.3. The van der Waals surface area contributed by atoms with Crippen molar-refractivity contribution in [2.75, 3.05) is 5.32 Å². The molecule has 5 nitrogen and oxygen atoms in total. The van der Waals surface area contributed by atoms with Crippen LogP contribution in [0.25, 0.3) is 0 Å². The molecule has 1 fully saturated rings. The second kappa shape index (κ2) is 6.57. The average Bonchev–Trinajstić information content (AvgIpc) is 2.54. The first-order valence-corrected chi connectivity index (χ1v) is 8.34. The predicted octanol–water partition coefficient (Wildman–Crippen LogP) is 2.96. The fourth-order valence-corrected chi connectivity index (χ4v) is 3.61. The summed E-state index contributed by atoms with van der Waals surface area (Å²) < 4.78 is 38.6. The highest BCUT2D eigenvalue weighted by atomic mass is 19.4. The van der Waals surface area contributed by atoms with Gasteiger partial charge in [-0.1, -0.05) is 6.42 Å². The zero-order valence-electron chi connectivity index (χ0n) is 13.2. The summed E-state index contributed by atoms with van der Waals surface area (Å²) in [5.41, 5.74) is 1.05. The smallest absolute Gasteiger partial charge is 0.296 e. The number of H-pyrrole nitrogens is 1. The number of alkyl halides is 3. The van der Waals surface area contributed by atoms with E-state index < -0.39 is 23.9 Å². The third kappa shape index (κ3) is 3.62. The maximum Gasteiger partial charge on any atom is 0.391 e. The molecule has 2 atom stereocenters. The Balaban J connectivity index is 1.71. The Kier molecular flexibility index (Phi) is 4.64. The van der Waals surface area contributed by atoms with Crippen LogP contribution in [-0.4, -0.2) is 22.1 Å². The molecule has 2 aliphatic carbocycles. The summed E-state index contributed by atoms with van der Waals surface area (Å²) in [5, 5.41) is 2.50. The molecule has 0 saturated heterocycles. The molecule has 0 aliphatic heterocycles. The Bertz CT molecular complexity index is 684. The highest BCUT2D eigenvalue weighted by Gasteiger charge is 2.43. The Morgan fingerprint density at radius 2 is 1.92 bits per heavy atom. The summed E-state index contributed by atoms with van der Waals surface area (Å²) in [6, 6.07) is 0. The molecule has 24 heavy (non-hydrogen) atoms. The molecule has 0 spiro atoms. The van der Waals surface area contributed by atoms with Gasteiger partial charge >= 0.3 is 6.18 Å². The van der Waals surface area contributed by atoms with Gasteiger partial charge in [-0.15, -0.1) is 0 Å². The number of aryl methyl sites for hydroxylation is 1. The number of aromatic nitrogens is 2. The van der Waals surface area contributed by atoms with Crippen LogP contribution in [0.1, 0.15) is 49.8 Å². The predicted molar refractivity (Wildman–Crippen MR) is 81.6 cm³/mol. The van der Waals surface area contributed by atoms with Gasteiger partial charge in [-0.3, -0.25) is 19.9 Å². The number of anilines is 1. The molecule has 132 valence electrons. The van der Waals surface area contributed by atoms with Crippen LogP contribution in [-0.2, 0) is 17.6 Å². The van der Waals surface area contributed by atoms with E-state index in [0.29, 0.717) is 36.9 Å². The number of aromatic amines is 1. The average molecular weight is 343 g/mol. The summed E-state index contributed by atoms with van der Waals surface area (Å²) in [6.45, 7) is 0. The minimum absolute atomic E-state index is 0.0415. The lowest BCUT2D eigenvalue weighted by Gasteiger charge is -2.29. The van der Waals surface area contributed by atoms with Crippen LogP contribution < -0.4 is 10.9 Å². The largest absolute Gasteiger partial charge is 0.391 e. The van der Waals surface area contributed by atoms with Crippen LogP contribution in [0.5, 0.6) is 0 Å². The van der Waals surface area contributed by atoms with Crippen molar-refractivity contribution in [2.24, 2.45) is 11.8 Å². The number of nitrogens with one attached hydrogen (secondary N) is 2. The van der Waals surface area contributed by atoms with Crippen molar-refractivity contribution in [2.45, 2.75) is 57.5 Å². The van der Waals surface area contributed by atoms with Crippen molar-refractivity contribution < 1.29 is 18.0 Å². The van der Waals surface area contributed by atoms with Crippen LogP contribution >= 0.6 is 0 Å². The molecule has 1 saturated carbocycles. The summed E-state index contributed by atoms with van der Waals surface area (Å²) in [4.78, 5) is 31.1.